The summed E-state index contributed by atoms with van der Waals surface area (Å²) >= 11 is 0. The van der Waals surface area contributed by atoms with Crippen LogP contribution in [0.3, 0.4) is 0 Å². The molecule has 0 spiro atoms. The zero-order valence-electron chi connectivity index (χ0n) is 17.5. The molecule has 178 valence electrons. The molecule has 0 unspecified atom stereocenters. The smallest absolute Gasteiger partial charge is 0.492 e. The number of ether oxygens (including phenoxy) is 2. The molecule has 2 rings (SSSR count). The molecule has 0 heterocycles. The Morgan fingerprint density at radius 3 is 1.97 bits per heavy atom. The highest BCUT2D eigenvalue weighted by Crippen LogP contribution is 2.32. The number of halogens is 3. The molecule has 8 nitrogen and oxygen atoms in total. The van der Waals surface area contributed by atoms with Crippen LogP contribution < -0.4 is 14.2 Å². The normalized spacial score (nSPS) is 12.6. The van der Waals surface area contributed by atoms with Crippen molar-refractivity contribution in [1.82, 2.24) is 4.31 Å². The molecular weight excluding hydrogens is 473 g/mol. The summed E-state index contributed by atoms with van der Waals surface area (Å²) in [6.07, 6.45) is -4.91. The van der Waals surface area contributed by atoms with Gasteiger partial charge in [0.05, 0.1) is 22.1 Å². The number of rotatable bonds is 10. The lowest BCUT2D eigenvalue weighted by Crippen LogP contribution is -2.30. The Morgan fingerprint density at radius 1 is 0.906 bits per heavy atom. The summed E-state index contributed by atoms with van der Waals surface area (Å²) in [5, 5.41) is 0. The number of alkyl halides is 3. The average Bonchev–Trinajstić information content (AvgIpc) is 2.69. The standard InChI is InChI=1S/C19H23F3N2O6S2/c1-4-24(5-2)32(27,28)16-11-12-18(29-6-3)17(13-16)23-31(25,26)15-9-7-14(8-10-15)30-19(20,21)22/h7-13,23H,4-6H2,1-3H3. The zero-order valence-corrected chi connectivity index (χ0v) is 19.1. The molecule has 0 atom stereocenters. The maximum Gasteiger partial charge on any atom is 0.573 e. The average molecular weight is 497 g/mol. The van der Waals surface area contributed by atoms with Gasteiger partial charge in [-0.25, -0.2) is 16.8 Å². The Balaban J connectivity index is 2.43. The van der Waals surface area contributed by atoms with E-state index in [9.17, 15) is 30.0 Å². The van der Waals surface area contributed by atoms with Gasteiger partial charge in [0.2, 0.25) is 10.0 Å². The van der Waals surface area contributed by atoms with Gasteiger partial charge in [0.15, 0.2) is 0 Å². The van der Waals surface area contributed by atoms with Gasteiger partial charge in [0.25, 0.3) is 10.0 Å². The molecule has 0 aliphatic rings. The fourth-order valence-corrected chi connectivity index (χ4v) is 5.31. The zero-order chi connectivity index (χ0) is 24.2. The molecule has 0 saturated carbocycles. The fraction of sp³-hybridized carbons (Fsp3) is 0.368. The first kappa shape index (κ1) is 25.7. The largest absolute Gasteiger partial charge is 0.573 e. The van der Waals surface area contributed by atoms with E-state index >= 15 is 0 Å². The third kappa shape index (κ3) is 6.26. The summed E-state index contributed by atoms with van der Waals surface area (Å²) in [4.78, 5) is -0.497. The van der Waals surface area contributed by atoms with Crippen molar-refractivity contribution in [2.45, 2.75) is 36.9 Å². The Kier molecular flexibility index (Phi) is 8.02. The van der Waals surface area contributed by atoms with Gasteiger partial charge < -0.3 is 9.47 Å². The second kappa shape index (κ2) is 9.96. The third-order valence-corrected chi connectivity index (χ3v) is 7.63. The van der Waals surface area contributed by atoms with Crippen molar-refractivity contribution < 1.29 is 39.5 Å². The van der Waals surface area contributed by atoms with E-state index in [1.807, 2.05) is 0 Å². The number of sulfonamides is 2. The molecule has 2 aromatic rings. The van der Waals surface area contributed by atoms with E-state index < -0.39 is 32.2 Å². The predicted octanol–water partition coefficient (Wildman–Crippen LogP) is 3.82. The minimum atomic E-state index is -4.91. The number of hydrogen-bond donors (Lipinski definition) is 1. The highest BCUT2D eigenvalue weighted by atomic mass is 32.2. The Morgan fingerprint density at radius 2 is 1.47 bits per heavy atom. The Bertz CT molecular complexity index is 1130. The number of hydrogen-bond acceptors (Lipinski definition) is 6. The molecule has 0 saturated heterocycles. The molecule has 0 aliphatic heterocycles. The summed E-state index contributed by atoms with van der Waals surface area (Å²) in [6, 6.07) is 7.34. The lowest BCUT2D eigenvalue weighted by atomic mass is 10.3. The van der Waals surface area contributed by atoms with Crippen molar-refractivity contribution in [1.29, 1.82) is 0 Å². The summed E-state index contributed by atoms with van der Waals surface area (Å²) in [6.45, 7) is 5.63. The number of benzene rings is 2. The van der Waals surface area contributed by atoms with Crippen LogP contribution in [0.4, 0.5) is 18.9 Å². The van der Waals surface area contributed by atoms with Crippen molar-refractivity contribution in [2.24, 2.45) is 0 Å². The lowest BCUT2D eigenvalue weighted by Gasteiger charge is -2.20. The van der Waals surface area contributed by atoms with Gasteiger partial charge in [-0.15, -0.1) is 13.2 Å². The summed E-state index contributed by atoms with van der Waals surface area (Å²) < 4.78 is 101. The molecule has 0 amide bonds. The van der Waals surface area contributed by atoms with E-state index in [0.717, 1.165) is 30.3 Å². The van der Waals surface area contributed by atoms with Crippen LogP contribution in [0, 0.1) is 0 Å². The van der Waals surface area contributed by atoms with Crippen LogP contribution in [0.5, 0.6) is 11.5 Å². The van der Waals surface area contributed by atoms with Crippen molar-refractivity contribution in [3.8, 4) is 11.5 Å². The van der Waals surface area contributed by atoms with Crippen LogP contribution in [0.2, 0.25) is 0 Å². The third-order valence-electron chi connectivity index (χ3n) is 4.21. The molecule has 1 N–H and O–H groups in total. The van der Waals surface area contributed by atoms with E-state index in [1.165, 1.54) is 16.4 Å². The van der Waals surface area contributed by atoms with Crippen LogP contribution in [0.1, 0.15) is 20.8 Å². The molecule has 32 heavy (non-hydrogen) atoms. The monoisotopic (exact) mass is 496 g/mol. The van der Waals surface area contributed by atoms with E-state index in [1.54, 1.807) is 20.8 Å². The van der Waals surface area contributed by atoms with Crippen molar-refractivity contribution in [2.75, 3.05) is 24.4 Å². The molecular formula is C19H23F3N2O6S2. The number of anilines is 1. The van der Waals surface area contributed by atoms with Gasteiger partial charge in [-0.05, 0) is 49.4 Å². The lowest BCUT2D eigenvalue weighted by molar-refractivity contribution is -0.274. The second-order valence-corrected chi connectivity index (χ2v) is 9.93. The Labute approximate surface area is 185 Å². The van der Waals surface area contributed by atoms with Crippen LogP contribution in [-0.2, 0) is 20.0 Å². The predicted molar refractivity (Wildman–Crippen MR) is 112 cm³/mol. The molecule has 0 fully saturated rings. The highest BCUT2D eigenvalue weighted by Gasteiger charge is 2.31. The number of nitrogens with zero attached hydrogens (tertiary/aromatic N) is 1. The summed E-state index contributed by atoms with van der Waals surface area (Å²) in [5.41, 5.74) is -0.129. The van der Waals surface area contributed by atoms with Gasteiger partial charge in [-0.3, -0.25) is 4.72 Å². The van der Waals surface area contributed by atoms with Crippen molar-refractivity contribution in [3.05, 3.63) is 42.5 Å². The fourth-order valence-electron chi connectivity index (χ4n) is 2.77. The Hall–Kier alpha value is -2.51. The van der Waals surface area contributed by atoms with Crippen molar-refractivity contribution >= 4 is 25.7 Å². The van der Waals surface area contributed by atoms with E-state index in [0.29, 0.717) is 0 Å². The molecule has 0 bridgehead atoms. The van der Waals surface area contributed by atoms with Crippen LogP contribution in [0.25, 0.3) is 0 Å². The minimum Gasteiger partial charge on any atom is -0.492 e. The van der Waals surface area contributed by atoms with Gasteiger partial charge in [0, 0.05) is 13.1 Å². The number of nitrogens with one attached hydrogen (secondary N) is 1. The van der Waals surface area contributed by atoms with E-state index in [-0.39, 0.29) is 40.9 Å². The van der Waals surface area contributed by atoms with Gasteiger partial charge >= 0.3 is 6.36 Å². The van der Waals surface area contributed by atoms with Gasteiger partial charge in [0.1, 0.15) is 11.5 Å². The van der Waals surface area contributed by atoms with E-state index in [4.69, 9.17) is 4.74 Å². The van der Waals surface area contributed by atoms with Gasteiger partial charge in [-0.2, -0.15) is 4.31 Å². The minimum absolute atomic E-state index is 0.0894. The van der Waals surface area contributed by atoms with Crippen LogP contribution in [0.15, 0.2) is 52.3 Å². The first-order chi connectivity index (χ1) is 14.8. The second-order valence-electron chi connectivity index (χ2n) is 6.31. The van der Waals surface area contributed by atoms with Gasteiger partial charge in [-0.1, -0.05) is 13.8 Å². The van der Waals surface area contributed by atoms with Crippen LogP contribution >= 0.6 is 0 Å². The molecule has 0 aliphatic carbocycles. The highest BCUT2D eigenvalue weighted by molar-refractivity contribution is 7.92. The summed E-state index contributed by atoms with van der Waals surface area (Å²) in [5.74, 6) is -0.495. The van der Waals surface area contributed by atoms with E-state index in [2.05, 4.69) is 9.46 Å². The SMILES string of the molecule is CCOc1ccc(S(=O)(=O)N(CC)CC)cc1NS(=O)(=O)c1ccc(OC(F)(F)F)cc1. The maximum atomic E-state index is 12.8. The van der Waals surface area contributed by atoms with Crippen LogP contribution in [-0.4, -0.2) is 47.2 Å². The molecule has 0 radical (unpaired) electrons. The first-order valence-electron chi connectivity index (χ1n) is 9.49. The van der Waals surface area contributed by atoms with Crippen molar-refractivity contribution in [3.63, 3.8) is 0 Å². The quantitative estimate of drug-likeness (QED) is 0.537. The molecule has 0 aromatic heterocycles. The maximum absolute atomic E-state index is 12.8. The summed E-state index contributed by atoms with van der Waals surface area (Å²) in [7, 11) is -8.16. The topological polar surface area (TPSA) is 102 Å². The first-order valence-corrected chi connectivity index (χ1v) is 12.4. The molecule has 2 aromatic carbocycles. The molecule has 13 heteroatoms.